The molecule has 1 aromatic rings. The molecule has 0 atom stereocenters. The third-order valence-corrected chi connectivity index (χ3v) is 4.27. The quantitative estimate of drug-likeness (QED) is 0.786. The zero-order valence-electron chi connectivity index (χ0n) is 13.3. The van der Waals surface area contributed by atoms with Gasteiger partial charge in [0.05, 0.1) is 5.69 Å². The highest BCUT2D eigenvalue weighted by atomic mass is 32.1. The highest BCUT2D eigenvalue weighted by Gasteiger charge is 2.16. The van der Waals surface area contributed by atoms with E-state index in [0.29, 0.717) is 12.1 Å². The Bertz CT molecular complexity index is 371. The van der Waals surface area contributed by atoms with Crippen LogP contribution in [0.3, 0.4) is 0 Å². The molecule has 0 aromatic carbocycles. The van der Waals surface area contributed by atoms with Crippen LogP contribution < -0.4 is 10.2 Å². The molecule has 0 unspecified atom stereocenters. The first kappa shape index (κ1) is 16.4. The molecule has 1 aromatic heterocycles. The fourth-order valence-corrected chi connectivity index (χ4v) is 3.34. The fourth-order valence-electron chi connectivity index (χ4n) is 2.08. The number of nitrogens with zero attached hydrogens (tertiary/aromatic N) is 2. The smallest absolute Gasteiger partial charge is 0.186 e. The first-order valence-corrected chi connectivity index (χ1v) is 8.29. The summed E-state index contributed by atoms with van der Waals surface area (Å²) in [5.41, 5.74) is 1.29. The van der Waals surface area contributed by atoms with E-state index in [1.54, 1.807) is 0 Å². The van der Waals surface area contributed by atoms with Gasteiger partial charge in [-0.3, -0.25) is 0 Å². The molecular formula is C15H29N3S. The maximum atomic E-state index is 4.87. The molecule has 1 rings (SSSR count). The van der Waals surface area contributed by atoms with Crippen LogP contribution in [0, 0.1) is 0 Å². The molecule has 19 heavy (non-hydrogen) atoms. The van der Waals surface area contributed by atoms with E-state index in [-0.39, 0.29) is 0 Å². The van der Waals surface area contributed by atoms with E-state index < -0.39 is 0 Å². The highest BCUT2D eigenvalue weighted by Crippen LogP contribution is 2.28. The molecule has 3 nitrogen and oxygen atoms in total. The predicted octanol–water partition coefficient (Wildman–Crippen LogP) is 3.83. The second-order valence-corrected chi connectivity index (χ2v) is 6.59. The van der Waals surface area contributed by atoms with Gasteiger partial charge in [-0.25, -0.2) is 4.98 Å². The molecule has 0 aliphatic carbocycles. The number of rotatable bonds is 8. The fraction of sp³-hybridized carbons (Fsp3) is 0.800. The number of hydrogen-bond donors (Lipinski definition) is 1. The summed E-state index contributed by atoms with van der Waals surface area (Å²) in [5.74, 6) is 0. The van der Waals surface area contributed by atoms with Crippen molar-refractivity contribution in [1.82, 2.24) is 10.3 Å². The monoisotopic (exact) mass is 283 g/mol. The Kier molecular flexibility index (Phi) is 6.80. The molecule has 0 spiro atoms. The molecule has 0 fully saturated rings. The Morgan fingerprint density at radius 2 is 1.89 bits per heavy atom. The number of thiazole rings is 1. The van der Waals surface area contributed by atoms with Crippen molar-refractivity contribution in [3.63, 3.8) is 0 Å². The van der Waals surface area contributed by atoms with Crippen LogP contribution in [0.4, 0.5) is 5.13 Å². The Balaban J connectivity index is 2.92. The molecule has 0 aliphatic rings. The first-order chi connectivity index (χ1) is 8.99. The number of hydrogen-bond acceptors (Lipinski definition) is 4. The molecule has 110 valence electrons. The second-order valence-electron chi connectivity index (χ2n) is 5.53. The summed E-state index contributed by atoms with van der Waals surface area (Å²) in [6, 6.07) is 1.03. The number of aryl methyl sites for hydroxylation is 1. The average molecular weight is 283 g/mol. The molecule has 4 heteroatoms. The van der Waals surface area contributed by atoms with Gasteiger partial charge in [-0.1, -0.05) is 27.2 Å². The van der Waals surface area contributed by atoms with Crippen molar-refractivity contribution in [2.75, 3.05) is 11.4 Å². The summed E-state index contributed by atoms with van der Waals surface area (Å²) in [5, 5.41) is 4.69. The molecule has 0 radical (unpaired) electrons. The molecule has 1 heterocycles. The minimum atomic E-state index is 0.511. The average Bonchev–Trinajstić information content (AvgIpc) is 2.70. The van der Waals surface area contributed by atoms with E-state index in [0.717, 1.165) is 25.9 Å². The zero-order chi connectivity index (χ0) is 14.4. The lowest BCUT2D eigenvalue weighted by atomic mass is 10.2. The SMILES string of the molecule is CCCc1nc(N(CC)C(C)C)sc1CNC(C)C. The topological polar surface area (TPSA) is 28.2 Å². The lowest BCUT2D eigenvalue weighted by molar-refractivity contribution is 0.589. The molecule has 1 N–H and O–H groups in total. The van der Waals surface area contributed by atoms with E-state index in [9.17, 15) is 0 Å². The summed E-state index contributed by atoms with van der Waals surface area (Å²) in [6.07, 6.45) is 2.24. The summed E-state index contributed by atoms with van der Waals surface area (Å²) in [7, 11) is 0. The highest BCUT2D eigenvalue weighted by molar-refractivity contribution is 7.15. The second kappa shape index (κ2) is 7.85. The maximum Gasteiger partial charge on any atom is 0.186 e. The number of aromatic nitrogens is 1. The molecular weight excluding hydrogens is 254 g/mol. The largest absolute Gasteiger partial charge is 0.346 e. The van der Waals surface area contributed by atoms with Crippen molar-refractivity contribution in [3.05, 3.63) is 10.6 Å². The Labute approximate surface area is 122 Å². The zero-order valence-corrected chi connectivity index (χ0v) is 14.1. The van der Waals surface area contributed by atoms with Crippen LogP contribution in [-0.2, 0) is 13.0 Å². The standard InChI is InChI=1S/C15H29N3S/c1-7-9-13-14(10-16-11(3)4)19-15(17-13)18(8-2)12(5)6/h11-12,16H,7-10H2,1-6H3. The van der Waals surface area contributed by atoms with Crippen molar-refractivity contribution in [1.29, 1.82) is 0 Å². The Morgan fingerprint density at radius 1 is 1.21 bits per heavy atom. The van der Waals surface area contributed by atoms with E-state index in [2.05, 4.69) is 51.8 Å². The number of anilines is 1. The van der Waals surface area contributed by atoms with E-state index in [1.165, 1.54) is 15.7 Å². The van der Waals surface area contributed by atoms with Crippen LogP contribution in [0.25, 0.3) is 0 Å². The third kappa shape index (κ3) is 4.77. The van der Waals surface area contributed by atoms with Crippen molar-refractivity contribution in [2.24, 2.45) is 0 Å². The lowest BCUT2D eigenvalue weighted by Gasteiger charge is -2.24. The van der Waals surface area contributed by atoms with Gasteiger partial charge in [-0.15, -0.1) is 11.3 Å². The lowest BCUT2D eigenvalue weighted by Crippen LogP contribution is -2.30. The van der Waals surface area contributed by atoms with Gasteiger partial charge in [0.15, 0.2) is 5.13 Å². The van der Waals surface area contributed by atoms with E-state index >= 15 is 0 Å². The molecule has 0 aliphatic heterocycles. The van der Waals surface area contributed by atoms with Gasteiger partial charge in [-0.05, 0) is 27.2 Å². The first-order valence-electron chi connectivity index (χ1n) is 7.48. The van der Waals surface area contributed by atoms with Gasteiger partial charge < -0.3 is 10.2 Å². The minimum Gasteiger partial charge on any atom is -0.346 e. The summed E-state index contributed by atoms with van der Waals surface area (Å²) in [4.78, 5) is 8.66. The van der Waals surface area contributed by atoms with E-state index in [1.807, 2.05) is 11.3 Å². The van der Waals surface area contributed by atoms with Gasteiger partial charge in [-0.2, -0.15) is 0 Å². The third-order valence-electron chi connectivity index (χ3n) is 3.13. The van der Waals surface area contributed by atoms with Crippen LogP contribution in [-0.4, -0.2) is 23.6 Å². The molecule has 0 amide bonds. The van der Waals surface area contributed by atoms with Crippen molar-refractivity contribution in [3.8, 4) is 0 Å². The van der Waals surface area contributed by atoms with Crippen molar-refractivity contribution in [2.45, 2.75) is 73.0 Å². The summed E-state index contributed by atoms with van der Waals surface area (Å²) >= 11 is 1.85. The Hall–Kier alpha value is -0.610. The van der Waals surface area contributed by atoms with Crippen LogP contribution in [0.2, 0.25) is 0 Å². The normalized spacial score (nSPS) is 11.6. The van der Waals surface area contributed by atoms with Gasteiger partial charge in [0, 0.05) is 30.1 Å². The summed E-state index contributed by atoms with van der Waals surface area (Å²) in [6.45, 7) is 15.2. The van der Waals surface area contributed by atoms with Crippen LogP contribution in [0.1, 0.15) is 58.5 Å². The van der Waals surface area contributed by atoms with Crippen molar-refractivity contribution < 1.29 is 0 Å². The Morgan fingerprint density at radius 3 is 2.37 bits per heavy atom. The van der Waals surface area contributed by atoms with Crippen LogP contribution in [0.5, 0.6) is 0 Å². The molecule has 0 saturated heterocycles. The molecule has 0 bridgehead atoms. The van der Waals surface area contributed by atoms with Crippen molar-refractivity contribution >= 4 is 16.5 Å². The summed E-state index contributed by atoms with van der Waals surface area (Å²) < 4.78 is 0. The van der Waals surface area contributed by atoms with Crippen LogP contribution in [0.15, 0.2) is 0 Å². The van der Waals surface area contributed by atoms with E-state index in [4.69, 9.17) is 4.98 Å². The van der Waals surface area contributed by atoms with Gasteiger partial charge >= 0.3 is 0 Å². The molecule has 0 saturated carbocycles. The van der Waals surface area contributed by atoms with Gasteiger partial charge in [0.2, 0.25) is 0 Å². The van der Waals surface area contributed by atoms with Gasteiger partial charge in [0.25, 0.3) is 0 Å². The number of nitrogens with one attached hydrogen (secondary N) is 1. The minimum absolute atomic E-state index is 0.511. The predicted molar refractivity (Wildman–Crippen MR) is 86.2 cm³/mol. The van der Waals surface area contributed by atoms with Gasteiger partial charge in [0.1, 0.15) is 0 Å². The maximum absolute atomic E-state index is 4.87. The van der Waals surface area contributed by atoms with Crippen LogP contribution >= 0.6 is 11.3 Å².